The summed E-state index contributed by atoms with van der Waals surface area (Å²) in [5.74, 6) is 0.641. The summed E-state index contributed by atoms with van der Waals surface area (Å²) in [5.41, 5.74) is 1.90. The molecule has 2 heterocycles. The number of likely N-dealkylation sites (N-methyl/N-ethyl adjacent to an activating group) is 1. The summed E-state index contributed by atoms with van der Waals surface area (Å²) in [4.78, 5) is 29.5. The Kier molecular flexibility index (Phi) is 6.58. The molecule has 0 aliphatic carbocycles. The highest BCUT2D eigenvalue weighted by atomic mass is 35.5. The van der Waals surface area contributed by atoms with Crippen LogP contribution in [0.25, 0.3) is 0 Å². The lowest BCUT2D eigenvalue weighted by atomic mass is 10.0. The van der Waals surface area contributed by atoms with Crippen LogP contribution < -0.4 is 10.1 Å². The van der Waals surface area contributed by atoms with Gasteiger partial charge in [-0.15, -0.1) is 0 Å². The monoisotopic (exact) mass is 461 g/mol. The average molecular weight is 462 g/mol. The van der Waals surface area contributed by atoms with Gasteiger partial charge >= 0.3 is 6.03 Å². The second-order valence-corrected chi connectivity index (χ2v) is 8.87. The summed E-state index contributed by atoms with van der Waals surface area (Å²) >= 11 is 12.0. The van der Waals surface area contributed by atoms with E-state index in [-0.39, 0.29) is 18.0 Å². The van der Waals surface area contributed by atoms with Gasteiger partial charge < -0.3 is 19.9 Å². The largest absolute Gasteiger partial charge is 0.493 e. The molecule has 0 spiro atoms. The molecule has 3 amide bonds. The van der Waals surface area contributed by atoms with Gasteiger partial charge in [0.2, 0.25) is 5.91 Å². The van der Waals surface area contributed by atoms with Crippen LogP contribution in [0.15, 0.2) is 42.5 Å². The van der Waals surface area contributed by atoms with E-state index in [1.54, 1.807) is 29.0 Å². The standard InChI is InChI=1S/C23H25Cl2N3O3/c1-27(14-15-4-6-16(24)7-5-15)22(29)20-3-2-11-28(20)23(30)26-19-10-12-31-21-13-17(25)8-9-18(19)21/h4-9,13,19-20H,2-3,10-12,14H2,1H3,(H,26,30)/t19-,20?/m0/s1. The number of hydrogen-bond acceptors (Lipinski definition) is 3. The number of fused-ring (bicyclic) bond motifs is 1. The molecule has 2 aromatic carbocycles. The zero-order valence-electron chi connectivity index (χ0n) is 17.3. The molecular formula is C23H25Cl2N3O3. The van der Waals surface area contributed by atoms with Gasteiger partial charge in [-0.25, -0.2) is 4.79 Å². The van der Waals surface area contributed by atoms with Gasteiger partial charge in [-0.2, -0.15) is 0 Å². The molecule has 2 aliphatic heterocycles. The average Bonchev–Trinajstić information content (AvgIpc) is 3.24. The minimum atomic E-state index is -0.457. The lowest BCUT2D eigenvalue weighted by molar-refractivity contribution is -0.134. The fourth-order valence-electron chi connectivity index (χ4n) is 4.21. The molecule has 1 saturated heterocycles. The molecule has 4 rings (SSSR count). The third-order valence-corrected chi connectivity index (χ3v) is 6.31. The zero-order chi connectivity index (χ0) is 22.0. The van der Waals surface area contributed by atoms with E-state index in [0.29, 0.717) is 48.3 Å². The summed E-state index contributed by atoms with van der Waals surface area (Å²) in [5, 5.41) is 4.35. The van der Waals surface area contributed by atoms with Crippen LogP contribution in [0.4, 0.5) is 4.79 Å². The Bertz CT molecular complexity index is 967. The number of rotatable bonds is 4. The summed E-state index contributed by atoms with van der Waals surface area (Å²) in [6.45, 7) is 1.54. The van der Waals surface area contributed by atoms with Crippen molar-refractivity contribution in [2.45, 2.75) is 37.9 Å². The highest BCUT2D eigenvalue weighted by Crippen LogP contribution is 2.34. The molecule has 0 aromatic heterocycles. The first-order valence-corrected chi connectivity index (χ1v) is 11.2. The van der Waals surface area contributed by atoms with Crippen molar-refractivity contribution in [3.63, 3.8) is 0 Å². The van der Waals surface area contributed by atoms with E-state index in [9.17, 15) is 9.59 Å². The predicted molar refractivity (Wildman–Crippen MR) is 120 cm³/mol. The van der Waals surface area contributed by atoms with Gasteiger partial charge in [0, 0.05) is 42.2 Å². The highest BCUT2D eigenvalue weighted by Gasteiger charge is 2.37. The van der Waals surface area contributed by atoms with Gasteiger partial charge in [0.05, 0.1) is 12.6 Å². The smallest absolute Gasteiger partial charge is 0.318 e. The Hall–Kier alpha value is -2.44. The molecular weight excluding hydrogens is 437 g/mol. The van der Waals surface area contributed by atoms with Crippen molar-refractivity contribution in [1.29, 1.82) is 0 Å². The molecule has 0 bridgehead atoms. The van der Waals surface area contributed by atoms with Crippen LogP contribution in [0.3, 0.4) is 0 Å². The van der Waals surface area contributed by atoms with Gasteiger partial charge in [-0.1, -0.05) is 41.4 Å². The molecule has 0 radical (unpaired) electrons. The Morgan fingerprint density at radius 1 is 1.13 bits per heavy atom. The molecule has 2 atom stereocenters. The van der Waals surface area contributed by atoms with E-state index in [4.69, 9.17) is 27.9 Å². The quantitative estimate of drug-likeness (QED) is 0.720. The Morgan fingerprint density at radius 3 is 2.65 bits per heavy atom. The summed E-state index contributed by atoms with van der Waals surface area (Å²) in [6.07, 6.45) is 2.14. The molecule has 2 aliphatic rings. The fraction of sp³-hybridized carbons (Fsp3) is 0.391. The number of carbonyl (C=O) groups is 2. The SMILES string of the molecule is CN(Cc1ccc(Cl)cc1)C(=O)C1CCCN1C(=O)N[C@H]1CCOc2cc(Cl)ccc21. The predicted octanol–water partition coefficient (Wildman–Crippen LogP) is 4.65. The maximum absolute atomic E-state index is 13.1. The number of nitrogens with one attached hydrogen (secondary N) is 1. The second kappa shape index (κ2) is 9.37. The van der Waals surface area contributed by atoms with Crippen LogP contribution in [0.5, 0.6) is 5.75 Å². The highest BCUT2D eigenvalue weighted by molar-refractivity contribution is 6.30. The van der Waals surface area contributed by atoms with Crippen LogP contribution in [0.2, 0.25) is 10.0 Å². The van der Waals surface area contributed by atoms with Crippen LogP contribution in [-0.4, -0.2) is 48.0 Å². The molecule has 31 heavy (non-hydrogen) atoms. The van der Waals surface area contributed by atoms with Gasteiger partial charge in [-0.3, -0.25) is 4.79 Å². The van der Waals surface area contributed by atoms with Crippen molar-refractivity contribution in [2.75, 3.05) is 20.2 Å². The van der Waals surface area contributed by atoms with E-state index in [1.165, 1.54) is 0 Å². The van der Waals surface area contributed by atoms with Gasteiger partial charge in [0.25, 0.3) is 0 Å². The summed E-state index contributed by atoms with van der Waals surface area (Å²) in [7, 11) is 1.77. The molecule has 2 aromatic rings. The number of carbonyl (C=O) groups excluding carboxylic acids is 2. The molecule has 0 saturated carbocycles. The van der Waals surface area contributed by atoms with Crippen molar-refractivity contribution in [2.24, 2.45) is 0 Å². The third-order valence-electron chi connectivity index (χ3n) is 5.82. The number of nitrogens with zero attached hydrogens (tertiary/aromatic N) is 2. The van der Waals surface area contributed by atoms with Gasteiger partial charge in [0.1, 0.15) is 11.8 Å². The van der Waals surface area contributed by atoms with E-state index < -0.39 is 6.04 Å². The number of halogens is 2. The topological polar surface area (TPSA) is 61.9 Å². The first-order chi connectivity index (χ1) is 14.9. The van der Waals surface area contributed by atoms with Crippen molar-refractivity contribution in [3.05, 3.63) is 63.6 Å². The second-order valence-electron chi connectivity index (χ2n) is 7.99. The molecule has 1 fully saturated rings. The maximum Gasteiger partial charge on any atom is 0.318 e. The summed E-state index contributed by atoms with van der Waals surface area (Å²) < 4.78 is 5.68. The number of benzene rings is 2. The fourth-order valence-corrected chi connectivity index (χ4v) is 4.50. The van der Waals surface area contributed by atoms with Gasteiger partial charge in [-0.05, 0) is 42.7 Å². The van der Waals surface area contributed by atoms with E-state index >= 15 is 0 Å². The Balaban J connectivity index is 1.41. The molecule has 164 valence electrons. The third kappa shape index (κ3) is 4.91. The summed E-state index contributed by atoms with van der Waals surface area (Å²) in [6, 6.07) is 12.0. The Labute approximate surface area is 192 Å². The molecule has 1 unspecified atom stereocenters. The van der Waals surface area contributed by atoms with Crippen molar-refractivity contribution in [3.8, 4) is 5.75 Å². The van der Waals surface area contributed by atoms with E-state index in [0.717, 1.165) is 17.5 Å². The Morgan fingerprint density at radius 2 is 1.87 bits per heavy atom. The minimum Gasteiger partial charge on any atom is -0.493 e. The normalized spacial score (nSPS) is 20.0. The van der Waals surface area contributed by atoms with E-state index in [1.807, 2.05) is 30.3 Å². The number of likely N-dealkylation sites (tertiary alicyclic amines) is 1. The zero-order valence-corrected chi connectivity index (χ0v) is 18.8. The minimum absolute atomic E-state index is 0.0539. The number of urea groups is 1. The number of hydrogen-bond donors (Lipinski definition) is 1. The van der Waals surface area contributed by atoms with Crippen LogP contribution in [-0.2, 0) is 11.3 Å². The van der Waals surface area contributed by atoms with Crippen LogP contribution in [0, 0.1) is 0 Å². The molecule has 1 N–H and O–H groups in total. The first-order valence-electron chi connectivity index (χ1n) is 10.4. The van der Waals surface area contributed by atoms with Crippen LogP contribution in [0.1, 0.15) is 36.4 Å². The van der Waals surface area contributed by atoms with Crippen LogP contribution >= 0.6 is 23.2 Å². The van der Waals surface area contributed by atoms with Crippen molar-refractivity contribution in [1.82, 2.24) is 15.1 Å². The number of ether oxygens (including phenoxy) is 1. The van der Waals surface area contributed by atoms with Gasteiger partial charge in [0.15, 0.2) is 0 Å². The van der Waals surface area contributed by atoms with Crippen molar-refractivity contribution >= 4 is 35.1 Å². The molecule has 6 nitrogen and oxygen atoms in total. The number of amides is 3. The molecule has 8 heteroatoms. The first kappa shape index (κ1) is 21.8. The lowest BCUT2D eigenvalue weighted by Gasteiger charge is -2.32. The maximum atomic E-state index is 13.1. The van der Waals surface area contributed by atoms with Crippen molar-refractivity contribution < 1.29 is 14.3 Å². The lowest BCUT2D eigenvalue weighted by Crippen LogP contribution is -2.50. The van der Waals surface area contributed by atoms with E-state index in [2.05, 4.69) is 5.32 Å².